The van der Waals surface area contributed by atoms with Crippen LogP contribution in [-0.4, -0.2) is 48.6 Å². The van der Waals surface area contributed by atoms with Gasteiger partial charge in [-0.25, -0.2) is 4.90 Å². The standard InChI is InChI=1S/C24H25ClN2O4/c1-15-12-17(25)9-10-19(15)27-23(29)21(18-7-3-4-8-20(18)31-2)22(24(27)30)26-11-5-6-16(13-26)14-28/h3-4,7-10,12,16,28H,5-6,11,13-14H2,1-2H3. The first-order chi connectivity index (χ1) is 15.0. The highest BCUT2D eigenvalue weighted by molar-refractivity contribution is 6.46. The van der Waals surface area contributed by atoms with Crippen LogP contribution in [0, 0.1) is 12.8 Å². The Morgan fingerprint density at radius 3 is 2.65 bits per heavy atom. The van der Waals surface area contributed by atoms with E-state index in [9.17, 15) is 14.7 Å². The Balaban J connectivity index is 1.87. The summed E-state index contributed by atoms with van der Waals surface area (Å²) in [5.41, 5.74) is 2.52. The summed E-state index contributed by atoms with van der Waals surface area (Å²) in [5, 5.41) is 10.2. The minimum atomic E-state index is -0.388. The number of amides is 2. The second-order valence-corrected chi connectivity index (χ2v) is 8.37. The number of hydrogen-bond acceptors (Lipinski definition) is 5. The number of hydrogen-bond donors (Lipinski definition) is 1. The van der Waals surface area contributed by atoms with Gasteiger partial charge in [0.2, 0.25) is 0 Å². The number of benzene rings is 2. The Bertz CT molecular complexity index is 1070. The maximum absolute atomic E-state index is 13.7. The number of aliphatic hydroxyl groups is 1. The molecule has 2 aromatic rings. The van der Waals surface area contributed by atoms with Gasteiger partial charge in [0, 0.05) is 30.3 Å². The van der Waals surface area contributed by atoms with E-state index in [-0.39, 0.29) is 24.3 Å². The SMILES string of the molecule is COc1ccccc1C1=C(N2CCCC(CO)C2)C(=O)N(c2ccc(Cl)cc2C)C1=O. The van der Waals surface area contributed by atoms with Crippen LogP contribution in [0.5, 0.6) is 5.75 Å². The van der Waals surface area contributed by atoms with Gasteiger partial charge in [0.25, 0.3) is 11.8 Å². The van der Waals surface area contributed by atoms with Gasteiger partial charge in [-0.15, -0.1) is 0 Å². The fourth-order valence-corrected chi connectivity index (χ4v) is 4.64. The number of likely N-dealkylation sites (tertiary alicyclic amines) is 1. The highest BCUT2D eigenvalue weighted by Crippen LogP contribution is 2.40. The molecule has 2 aliphatic heterocycles. The fraction of sp³-hybridized carbons (Fsp3) is 0.333. The van der Waals surface area contributed by atoms with Crippen LogP contribution >= 0.6 is 11.6 Å². The molecule has 162 valence electrons. The number of rotatable bonds is 5. The van der Waals surface area contributed by atoms with E-state index in [1.165, 1.54) is 4.90 Å². The van der Waals surface area contributed by atoms with E-state index in [0.717, 1.165) is 18.4 Å². The van der Waals surface area contributed by atoms with Gasteiger partial charge >= 0.3 is 0 Å². The number of aryl methyl sites for hydroxylation is 1. The number of anilines is 1. The molecule has 6 nitrogen and oxygen atoms in total. The molecule has 2 heterocycles. The molecule has 0 spiro atoms. The average molecular weight is 441 g/mol. The highest BCUT2D eigenvalue weighted by Gasteiger charge is 2.44. The molecule has 0 bridgehead atoms. The van der Waals surface area contributed by atoms with E-state index in [1.807, 2.05) is 24.0 Å². The summed E-state index contributed by atoms with van der Waals surface area (Å²) >= 11 is 6.10. The molecule has 0 radical (unpaired) electrons. The summed E-state index contributed by atoms with van der Waals surface area (Å²) in [6, 6.07) is 12.3. The molecule has 7 heteroatoms. The Labute approximate surface area is 186 Å². The van der Waals surface area contributed by atoms with Gasteiger partial charge in [-0.05, 0) is 55.5 Å². The lowest BCUT2D eigenvalue weighted by atomic mass is 9.96. The molecular weight excluding hydrogens is 416 g/mol. The van der Waals surface area contributed by atoms with Gasteiger partial charge in [0.05, 0.1) is 18.4 Å². The van der Waals surface area contributed by atoms with E-state index < -0.39 is 0 Å². The third kappa shape index (κ3) is 3.82. The molecule has 0 aliphatic carbocycles. The van der Waals surface area contributed by atoms with Gasteiger partial charge in [0.15, 0.2) is 0 Å². The third-order valence-electron chi connectivity index (χ3n) is 5.93. The molecule has 1 N–H and O–H groups in total. The van der Waals surface area contributed by atoms with Crippen LogP contribution in [0.3, 0.4) is 0 Å². The molecule has 1 atom stereocenters. The second kappa shape index (κ2) is 8.73. The van der Waals surface area contributed by atoms with Crippen LogP contribution in [0.2, 0.25) is 5.02 Å². The van der Waals surface area contributed by atoms with Gasteiger partial charge in [-0.3, -0.25) is 9.59 Å². The van der Waals surface area contributed by atoms with Crippen LogP contribution in [0.25, 0.3) is 5.57 Å². The Morgan fingerprint density at radius 2 is 1.94 bits per heavy atom. The van der Waals surface area contributed by atoms with Gasteiger partial charge in [0.1, 0.15) is 11.4 Å². The molecular formula is C24H25ClN2O4. The van der Waals surface area contributed by atoms with Gasteiger partial charge in [-0.1, -0.05) is 29.8 Å². The van der Waals surface area contributed by atoms with Crippen molar-refractivity contribution in [2.75, 3.05) is 31.7 Å². The zero-order chi connectivity index (χ0) is 22.1. The maximum atomic E-state index is 13.7. The summed E-state index contributed by atoms with van der Waals surface area (Å²) in [4.78, 5) is 30.6. The number of ether oxygens (including phenoxy) is 1. The molecule has 0 saturated carbocycles. The van der Waals surface area contributed by atoms with Crippen molar-refractivity contribution in [1.29, 1.82) is 0 Å². The Kier molecular flexibility index (Phi) is 6.03. The summed E-state index contributed by atoms with van der Waals surface area (Å²) in [6.07, 6.45) is 1.74. The minimum Gasteiger partial charge on any atom is -0.496 e. The predicted molar refractivity (Wildman–Crippen MR) is 120 cm³/mol. The van der Waals surface area contributed by atoms with Crippen molar-refractivity contribution in [3.05, 3.63) is 64.3 Å². The number of nitrogens with zero attached hydrogens (tertiary/aromatic N) is 2. The highest BCUT2D eigenvalue weighted by atomic mass is 35.5. The van der Waals surface area contributed by atoms with Crippen molar-refractivity contribution >= 4 is 34.7 Å². The number of para-hydroxylation sites is 1. The first-order valence-corrected chi connectivity index (χ1v) is 10.7. The van der Waals surface area contributed by atoms with E-state index in [0.29, 0.717) is 46.4 Å². The molecule has 1 fully saturated rings. The topological polar surface area (TPSA) is 70.1 Å². The van der Waals surface area contributed by atoms with Crippen LogP contribution < -0.4 is 9.64 Å². The van der Waals surface area contributed by atoms with E-state index in [4.69, 9.17) is 16.3 Å². The molecule has 1 unspecified atom stereocenters. The number of imide groups is 1. The lowest BCUT2D eigenvalue weighted by Gasteiger charge is -2.34. The number of aliphatic hydroxyl groups excluding tert-OH is 1. The molecule has 2 aromatic carbocycles. The van der Waals surface area contributed by atoms with E-state index >= 15 is 0 Å². The molecule has 1 saturated heterocycles. The van der Waals surface area contributed by atoms with Crippen molar-refractivity contribution in [2.24, 2.45) is 5.92 Å². The van der Waals surface area contributed by atoms with E-state index in [1.54, 1.807) is 37.4 Å². The summed E-state index contributed by atoms with van der Waals surface area (Å²) in [7, 11) is 1.55. The van der Waals surface area contributed by atoms with Crippen molar-refractivity contribution in [1.82, 2.24) is 4.90 Å². The summed E-state index contributed by atoms with van der Waals surface area (Å²) in [6.45, 7) is 3.05. The normalized spacial score (nSPS) is 19.4. The Morgan fingerprint density at radius 1 is 1.16 bits per heavy atom. The average Bonchev–Trinajstić information content (AvgIpc) is 3.04. The zero-order valence-electron chi connectivity index (χ0n) is 17.6. The van der Waals surface area contributed by atoms with Crippen LogP contribution in [0.4, 0.5) is 5.69 Å². The van der Waals surface area contributed by atoms with Crippen LogP contribution in [0.15, 0.2) is 48.2 Å². The first kappa shape index (κ1) is 21.4. The van der Waals surface area contributed by atoms with Crippen LogP contribution in [-0.2, 0) is 9.59 Å². The zero-order valence-corrected chi connectivity index (χ0v) is 18.4. The largest absolute Gasteiger partial charge is 0.496 e. The van der Waals surface area contributed by atoms with E-state index in [2.05, 4.69) is 0 Å². The number of methoxy groups -OCH3 is 1. The first-order valence-electron chi connectivity index (χ1n) is 10.3. The smallest absolute Gasteiger partial charge is 0.282 e. The van der Waals surface area contributed by atoms with Crippen molar-refractivity contribution < 1.29 is 19.4 Å². The molecule has 4 rings (SSSR count). The number of halogens is 1. The lowest BCUT2D eigenvalue weighted by Crippen LogP contribution is -2.40. The monoisotopic (exact) mass is 440 g/mol. The van der Waals surface area contributed by atoms with Crippen LogP contribution in [0.1, 0.15) is 24.0 Å². The lowest BCUT2D eigenvalue weighted by molar-refractivity contribution is -0.120. The summed E-state index contributed by atoms with van der Waals surface area (Å²) in [5.74, 6) is -0.160. The number of carbonyl (C=O) groups is 2. The van der Waals surface area contributed by atoms with Crippen molar-refractivity contribution in [3.63, 3.8) is 0 Å². The predicted octanol–water partition coefficient (Wildman–Crippen LogP) is 3.65. The molecule has 2 aliphatic rings. The maximum Gasteiger partial charge on any atom is 0.282 e. The Hall–Kier alpha value is -2.83. The second-order valence-electron chi connectivity index (χ2n) is 7.94. The van der Waals surface area contributed by atoms with Crippen molar-refractivity contribution in [3.8, 4) is 5.75 Å². The van der Waals surface area contributed by atoms with Gasteiger partial charge in [-0.2, -0.15) is 0 Å². The number of carbonyl (C=O) groups excluding carboxylic acids is 2. The third-order valence-corrected chi connectivity index (χ3v) is 6.16. The molecule has 31 heavy (non-hydrogen) atoms. The quantitative estimate of drug-likeness (QED) is 0.719. The van der Waals surface area contributed by atoms with Gasteiger partial charge < -0.3 is 14.7 Å². The molecule has 2 amide bonds. The molecule has 0 aromatic heterocycles. The fourth-order valence-electron chi connectivity index (χ4n) is 4.41. The summed E-state index contributed by atoms with van der Waals surface area (Å²) < 4.78 is 5.51. The number of piperidine rings is 1. The van der Waals surface area contributed by atoms with Crippen molar-refractivity contribution in [2.45, 2.75) is 19.8 Å². The minimum absolute atomic E-state index is 0.0515.